The van der Waals surface area contributed by atoms with Crippen molar-refractivity contribution >= 4 is 35.0 Å². The molecular formula is C34H38Cl2F4N2O4. The predicted molar refractivity (Wildman–Crippen MR) is 172 cm³/mol. The number of carbonyl (C=O) groups is 2. The molecule has 1 aromatic heterocycles. The van der Waals surface area contributed by atoms with E-state index < -0.39 is 59.7 Å². The fraction of sp³-hybridized carbons (Fsp3) is 0.441. The van der Waals surface area contributed by atoms with Crippen LogP contribution in [0, 0.1) is 25.6 Å². The zero-order valence-electron chi connectivity index (χ0n) is 26.6. The second-order valence-corrected chi connectivity index (χ2v) is 13.2. The standard InChI is InChI=1S/C34H38Cl2F4N2O4/c1-18(2)9-28(42-17-21(7-8-41(5)6)25(16-30(42)44)34(38,39)40)29(43)14-22(15-31(45)46)24-13-23(12-20(4)33(24)37)32-26(35)10-19(3)11-27(32)36/h10-13,16-18,22,28H,7-9,14-15H2,1-6H3,(H,45,46)/t22-,28?/m0/s1. The summed E-state index contributed by atoms with van der Waals surface area (Å²) in [5.41, 5.74) is -0.468. The Morgan fingerprint density at radius 2 is 1.61 bits per heavy atom. The molecule has 1 N–H and O–H groups in total. The highest BCUT2D eigenvalue weighted by Gasteiger charge is 2.36. The van der Waals surface area contributed by atoms with E-state index in [0.29, 0.717) is 27.2 Å². The Bertz CT molecular complexity index is 1640. The molecule has 2 atom stereocenters. The number of aromatic nitrogens is 1. The van der Waals surface area contributed by atoms with Gasteiger partial charge in [-0.2, -0.15) is 13.2 Å². The van der Waals surface area contributed by atoms with Crippen LogP contribution in [0.3, 0.4) is 0 Å². The molecule has 0 aliphatic rings. The van der Waals surface area contributed by atoms with Crippen LogP contribution in [0.25, 0.3) is 11.1 Å². The van der Waals surface area contributed by atoms with Gasteiger partial charge in [0.2, 0.25) is 0 Å². The van der Waals surface area contributed by atoms with Crippen molar-refractivity contribution in [2.75, 3.05) is 20.6 Å². The van der Waals surface area contributed by atoms with E-state index in [1.165, 1.54) is 19.1 Å². The number of hydrogen-bond acceptors (Lipinski definition) is 4. The third-order valence-corrected chi connectivity index (χ3v) is 8.36. The minimum absolute atomic E-state index is 0.0340. The van der Waals surface area contributed by atoms with Crippen LogP contribution in [0.2, 0.25) is 10.0 Å². The van der Waals surface area contributed by atoms with Gasteiger partial charge in [-0.05, 0) is 98.8 Å². The molecule has 0 amide bonds. The van der Waals surface area contributed by atoms with Gasteiger partial charge in [-0.1, -0.05) is 37.0 Å². The van der Waals surface area contributed by atoms with Gasteiger partial charge in [0.15, 0.2) is 5.78 Å². The molecule has 1 heterocycles. The van der Waals surface area contributed by atoms with E-state index in [9.17, 15) is 32.7 Å². The molecule has 6 nitrogen and oxygen atoms in total. The van der Waals surface area contributed by atoms with Crippen molar-refractivity contribution < 1.29 is 32.3 Å². The lowest BCUT2D eigenvalue weighted by Crippen LogP contribution is -2.33. The molecule has 0 saturated heterocycles. The highest BCUT2D eigenvalue weighted by Crippen LogP contribution is 2.40. The van der Waals surface area contributed by atoms with Crippen molar-refractivity contribution in [1.29, 1.82) is 0 Å². The molecule has 0 aliphatic heterocycles. The van der Waals surface area contributed by atoms with Crippen LogP contribution in [0.4, 0.5) is 17.6 Å². The number of likely N-dealkylation sites (N-methyl/N-ethyl adjacent to an activating group) is 1. The summed E-state index contributed by atoms with van der Waals surface area (Å²) >= 11 is 13.0. The van der Waals surface area contributed by atoms with E-state index >= 15 is 4.39 Å². The first kappa shape index (κ1) is 37.2. The largest absolute Gasteiger partial charge is 0.481 e. The van der Waals surface area contributed by atoms with Gasteiger partial charge in [0, 0.05) is 36.7 Å². The van der Waals surface area contributed by atoms with Crippen molar-refractivity contribution in [1.82, 2.24) is 9.47 Å². The van der Waals surface area contributed by atoms with Crippen molar-refractivity contribution in [2.24, 2.45) is 5.92 Å². The maximum atomic E-state index is 15.7. The minimum atomic E-state index is -4.78. The van der Waals surface area contributed by atoms with Gasteiger partial charge < -0.3 is 14.6 Å². The van der Waals surface area contributed by atoms with Gasteiger partial charge in [0.25, 0.3) is 5.56 Å². The summed E-state index contributed by atoms with van der Waals surface area (Å²) in [6.45, 7) is 7.14. The quantitative estimate of drug-likeness (QED) is 0.183. The van der Waals surface area contributed by atoms with E-state index in [2.05, 4.69) is 0 Å². The van der Waals surface area contributed by atoms with E-state index in [-0.39, 0.29) is 42.0 Å². The summed E-state index contributed by atoms with van der Waals surface area (Å²) in [5.74, 6) is -3.93. The molecule has 0 saturated carbocycles. The normalized spacial score (nSPS) is 13.3. The van der Waals surface area contributed by atoms with Crippen LogP contribution >= 0.6 is 23.2 Å². The van der Waals surface area contributed by atoms with Crippen molar-refractivity contribution in [3.63, 3.8) is 0 Å². The fourth-order valence-corrected chi connectivity index (χ4v) is 6.40. The lowest BCUT2D eigenvalue weighted by molar-refractivity contribution is -0.139. The van der Waals surface area contributed by atoms with Crippen LogP contribution in [-0.4, -0.2) is 47.0 Å². The number of rotatable bonds is 13. The predicted octanol–water partition coefficient (Wildman–Crippen LogP) is 8.51. The molecule has 1 unspecified atom stereocenters. The number of nitrogens with zero attached hydrogens (tertiary/aromatic N) is 2. The smallest absolute Gasteiger partial charge is 0.416 e. The zero-order chi connectivity index (χ0) is 34.7. The second kappa shape index (κ2) is 15.1. The van der Waals surface area contributed by atoms with Crippen LogP contribution < -0.4 is 5.56 Å². The summed E-state index contributed by atoms with van der Waals surface area (Å²) in [7, 11) is 3.40. The first-order valence-electron chi connectivity index (χ1n) is 14.8. The number of hydrogen-bond donors (Lipinski definition) is 1. The molecule has 3 aromatic rings. The fourth-order valence-electron chi connectivity index (χ4n) is 5.58. The summed E-state index contributed by atoms with van der Waals surface area (Å²) < 4.78 is 58.4. The first-order valence-corrected chi connectivity index (χ1v) is 15.5. The van der Waals surface area contributed by atoms with Crippen LogP contribution in [0.1, 0.15) is 72.9 Å². The van der Waals surface area contributed by atoms with Gasteiger partial charge in [-0.15, -0.1) is 0 Å². The maximum absolute atomic E-state index is 15.7. The van der Waals surface area contributed by atoms with Gasteiger partial charge in [0.05, 0.1) is 28.1 Å². The van der Waals surface area contributed by atoms with E-state index in [0.717, 1.165) is 16.3 Å². The lowest BCUT2D eigenvalue weighted by Gasteiger charge is -2.26. The van der Waals surface area contributed by atoms with E-state index in [1.54, 1.807) is 51.9 Å². The number of pyridine rings is 1. The Balaban J connectivity index is 2.15. The van der Waals surface area contributed by atoms with Crippen LogP contribution in [0.15, 0.2) is 41.3 Å². The number of halogens is 6. The number of benzene rings is 2. The molecule has 46 heavy (non-hydrogen) atoms. The Morgan fingerprint density at radius 1 is 1.00 bits per heavy atom. The first-order chi connectivity index (χ1) is 21.3. The molecule has 0 fully saturated rings. The van der Waals surface area contributed by atoms with Crippen molar-refractivity contribution in [3.8, 4) is 11.1 Å². The molecule has 3 rings (SSSR count). The monoisotopic (exact) mass is 684 g/mol. The van der Waals surface area contributed by atoms with E-state index in [1.807, 2.05) is 0 Å². The third kappa shape index (κ3) is 9.20. The summed E-state index contributed by atoms with van der Waals surface area (Å²) in [6, 6.07) is 5.61. The van der Waals surface area contributed by atoms with Crippen molar-refractivity contribution in [3.05, 3.63) is 90.6 Å². The molecule has 0 spiro atoms. The maximum Gasteiger partial charge on any atom is 0.416 e. The number of carboxylic acid groups (broad SMARTS) is 1. The molecule has 2 aromatic carbocycles. The zero-order valence-corrected chi connectivity index (χ0v) is 28.1. The van der Waals surface area contributed by atoms with E-state index in [4.69, 9.17) is 23.2 Å². The second-order valence-electron chi connectivity index (χ2n) is 12.4. The van der Waals surface area contributed by atoms with Gasteiger partial charge in [-0.25, -0.2) is 4.39 Å². The van der Waals surface area contributed by atoms with Crippen molar-refractivity contribution in [2.45, 2.75) is 71.5 Å². The number of Topliss-reactive ketones (excluding diaryl/α,β-unsaturated/α-hetero) is 1. The number of ketones is 1. The number of aryl methyl sites for hydroxylation is 2. The topological polar surface area (TPSA) is 79.6 Å². The third-order valence-electron chi connectivity index (χ3n) is 7.77. The molecule has 0 aliphatic carbocycles. The Morgan fingerprint density at radius 3 is 2.13 bits per heavy atom. The highest BCUT2D eigenvalue weighted by atomic mass is 35.5. The highest BCUT2D eigenvalue weighted by molar-refractivity contribution is 6.39. The molecule has 0 bridgehead atoms. The minimum Gasteiger partial charge on any atom is -0.481 e. The average Bonchev–Trinajstić information content (AvgIpc) is 2.90. The van der Waals surface area contributed by atoms with Gasteiger partial charge >= 0.3 is 12.1 Å². The molecule has 250 valence electrons. The SMILES string of the molecule is Cc1cc(Cl)c(-c2cc(C)c(F)c([C@H](CC(=O)O)CC(=O)C(CC(C)C)n3cc(CCN(C)C)c(C(F)(F)F)cc3=O)c2)c(Cl)c1. The summed E-state index contributed by atoms with van der Waals surface area (Å²) in [4.78, 5) is 40.8. The number of aliphatic carboxylic acids is 1. The Labute approximate surface area is 275 Å². The number of carbonyl (C=O) groups excluding carboxylic acids is 1. The van der Waals surface area contributed by atoms with Crippen LogP contribution in [0.5, 0.6) is 0 Å². The van der Waals surface area contributed by atoms with Crippen LogP contribution in [-0.2, 0) is 22.2 Å². The lowest BCUT2D eigenvalue weighted by atomic mass is 9.84. The summed E-state index contributed by atoms with van der Waals surface area (Å²) in [6.07, 6.45) is -4.75. The molecular weight excluding hydrogens is 647 g/mol. The number of carboxylic acids is 1. The number of alkyl halides is 3. The van der Waals surface area contributed by atoms with Gasteiger partial charge in [-0.3, -0.25) is 14.4 Å². The molecule has 12 heteroatoms. The average molecular weight is 686 g/mol. The summed E-state index contributed by atoms with van der Waals surface area (Å²) in [5, 5.41) is 10.4. The Kier molecular flexibility index (Phi) is 12.3. The van der Waals surface area contributed by atoms with Gasteiger partial charge in [0.1, 0.15) is 5.82 Å². The molecule has 0 radical (unpaired) electrons. The Hall–Kier alpha value is -3.21.